The molecule has 0 radical (unpaired) electrons. The molecule has 1 saturated carbocycles. The van der Waals surface area contributed by atoms with Crippen LogP contribution in [0.2, 0.25) is 0 Å². The lowest BCUT2D eigenvalue weighted by atomic mass is 9.82. The number of rotatable bonds is 6. The van der Waals surface area contributed by atoms with Gasteiger partial charge in [-0.05, 0) is 48.7 Å². The van der Waals surface area contributed by atoms with E-state index in [-0.39, 0.29) is 23.6 Å². The number of benzene rings is 2. The maximum absolute atomic E-state index is 13.0. The molecular formula is C24H26N4O4. The van der Waals surface area contributed by atoms with Gasteiger partial charge < -0.3 is 20.5 Å². The van der Waals surface area contributed by atoms with Gasteiger partial charge in [-0.25, -0.2) is 4.79 Å². The first-order valence-corrected chi connectivity index (χ1v) is 10.6. The highest BCUT2D eigenvalue weighted by Gasteiger charge is 2.27. The van der Waals surface area contributed by atoms with Crippen LogP contribution in [0.4, 0.5) is 10.5 Å². The molecule has 8 nitrogen and oxygen atoms in total. The number of nitrogens with zero attached hydrogens (tertiary/aromatic N) is 2. The SMILES string of the molecule is COc1ccc(CNC(=O)n2nc(-c3ccc(NC(C)=O)cc3O)cc2C2CCC2)cc1. The molecule has 0 atom stereocenters. The van der Waals surface area contributed by atoms with Gasteiger partial charge in [-0.2, -0.15) is 9.78 Å². The first-order valence-electron chi connectivity index (χ1n) is 10.6. The van der Waals surface area contributed by atoms with E-state index in [1.54, 1.807) is 19.2 Å². The number of amides is 2. The summed E-state index contributed by atoms with van der Waals surface area (Å²) in [4.78, 5) is 24.2. The van der Waals surface area contributed by atoms with Crippen LogP contribution >= 0.6 is 0 Å². The first-order chi connectivity index (χ1) is 15.4. The largest absolute Gasteiger partial charge is 0.507 e. The lowest BCUT2D eigenvalue weighted by Crippen LogP contribution is -2.31. The smallest absolute Gasteiger partial charge is 0.342 e. The molecule has 1 heterocycles. The predicted octanol–water partition coefficient (Wildman–Crippen LogP) is 4.25. The van der Waals surface area contributed by atoms with Gasteiger partial charge in [0.25, 0.3) is 0 Å². The molecule has 1 fully saturated rings. The molecule has 8 heteroatoms. The second kappa shape index (κ2) is 9.13. The molecule has 0 spiro atoms. The molecule has 0 saturated heterocycles. The fraction of sp³-hybridized carbons (Fsp3) is 0.292. The summed E-state index contributed by atoms with van der Waals surface area (Å²) < 4.78 is 6.57. The molecule has 1 aliphatic carbocycles. The summed E-state index contributed by atoms with van der Waals surface area (Å²) in [5, 5.41) is 20.6. The van der Waals surface area contributed by atoms with Crippen molar-refractivity contribution in [3.63, 3.8) is 0 Å². The van der Waals surface area contributed by atoms with E-state index in [4.69, 9.17) is 4.74 Å². The number of anilines is 1. The van der Waals surface area contributed by atoms with E-state index in [1.807, 2.05) is 30.3 Å². The Kier molecular flexibility index (Phi) is 6.11. The molecule has 1 aliphatic rings. The van der Waals surface area contributed by atoms with Gasteiger partial charge in [0, 0.05) is 36.7 Å². The van der Waals surface area contributed by atoms with E-state index in [1.165, 1.54) is 17.7 Å². The zero-order valence-corrected chi connectivity index (χ0v) is 18.1. The summed E-state index contributed by atoms with van der Waals surface area (Å²) in [6, 6.07) is 13.9. The Hall–Kier alpha value is -3.81. The van der Waals surface area contributed by atoms with Gasteiger partial charge in [0.2, 0.25) is 5.91 Å². The lowest BCUT2D eigenvalue weighted by Gasteiger charge is -2.25. The number of aromatic nitrogens is 2. The quantitative estimate of drug-likeness (QED) is 0.538. The minimum absolute atomic E-state index is 0.0142. The highest BCUT2D eigenvalue weighted by molar-refractivity contribution is 5.89. The van der Waals surface area contributed by atoms with Crippen LogP contribution < -0.4 is 15.4 Å². The Morgan fingerprint density at radius 1 is 1.16 bits per heavy atom. The molecule has 1 aromatic heterocycles. The van der Waals surface area contributed by atoms with Gasteiger partial charge in [0.15, 0.2) is 0 Å². The normalized spacial score (nSPS) is 13.3. The highest BCUT2D eigenvalue weighted by atomic mass is 16.5. The number of carbonyl (C=O) groups excluding carboxylic acids is 2. The van der Waals surface area contributed by atoms with Crippen LogP contribution in [0.3, 0.4) is 0 Å². The fourth-order valence-corrected chi connectivity index (χ4v) is 3.71. The Morgan fingerprint density at radius 2 is 1.91 bits per heavy atom. The Balaban J connectivity index is 1.56. The second-order valence-electron chi connectivity index (χ2n) is 7.91. The van der Waals surface area contributed by atoms with Crippen molar-refractivity contribution in [2.45, 2.75) is 38.6 Å². The Bertz CT molecular complexity index is 1130. The van der Waals surface area contributed by atoms with Crippen LogP contribution in [-0.4, -0.2) is 33.9 Å². The molecule has 0 bridgehead atoms. The summed E-state index contributed by atoms with van der Waals surface area (Å²) in [5.74, 6) is 0.791. The number of phenolic OH excluding ortho intramolecular Hbond substituents is 1. The first kappa shape index (κ1) is 21.4. The van der Waals surface area contributed by atoms with Crippen LogP contribution in [0.15, 0.2) is 48.5 Å². The van der Waals surface area contributed by atoms with E-state index in [0.717, 1.165) is 36.3 Å². The molecule has 32 heavy (non-hydrogen) atoms. The van der Waals surface area contributed by atoms with E-state index >= 15 is 0 Å². The molecule has 4 rings (SSSR count). The van der Waals surface area contributed by atoms with Crippen molar-refractivity contribution in [1.29, 1.82) is 0 Å². The monoisotopic (exact) mass is 434 g/mol. The molecule has 2 aromatic carbocycles. The molecule has 3 aromatic rings. The van der Waals surface area contributed by atoms with E-state index in [0.29, 0.717) is 23.5 Å². The summed E-state index contributed by atoms with van der Waals surface area (Å²) in [5.41, 5.74) is 3.29. The lowest BCUT2D eigenvalue weighted by molar-refractivity contribution is -0.114. The van der Waals surface area contributed by atoms with Crippen molar-refractivity contribution in [3.05, 3.63) is 59.8 Å². The highest BCUT2D eigenvalue weighted by Crippen LogP contribution is 2.39. The standard InChI is InChI=1S/C24H26N4O4/c1-15(29)26-18-8-11-20(23(30)12-18)21-13-22(17-4-3-5-17)28(27-21)24(31)25-14-16-6-9-19(32-2)10-7-16/h6-13,17,30H,3-5,14H2,1-2H3,(H,25,31)(H,26,29). The molecule has 0 unspecified atom stereocenters. The predicted molar refractivity (Wildman–Crippen MR) is 121 cm³/mol. The number of methoxy groups -OCH3 is 1. The third kappa shape index (κ3) is 4.59. The number of hydrogen-bond acceptors (Lipinski definition) is 5. The van der Waals surface area contributed by atoms with E-state index in [2.05, 4.69) is 15.7 Å². The topological polar surface area (TPSA) is 105 Å². The van der Waals surface area contributed by atoms with Crippen molar-refractivity contribution in [1.82, 2.24) is 15.1 Å². The number of nitrogens with one attached hydrogen (secondary N) is 2. The molecular weight excluding hydrogens is 408 g/mol. The van der Waals surface area contributed by atoms with Crippen molar-refractivity contribution >= 4 is 17.6 Å². The van der Waals surface area contributed by atoms with Crippen LogP contribution in [0.1, 0.15) is 43.4 Å². The number of ether oxygens (including phenoxy) is 1. The van der Waals surface area contributed by atoms with E-state index < -0.39 is 0 Å². The number of aromatic hydroxyl groups is 1. The minimum Gasteiger partial charge on any atom is -0.507 e. The van der Waals surface area contributed by atoms with Crippen LogP contribution in [-0.2, 0) is 11.3 Å². The molecule has 166 valence electrons. The van der Waals surface area contributed by atoms with Crippen LogP contribution in [0, 0.1) is 0 Å². The maximum Gasteiger partial charge on any atom is 0.342 e. The zero-order chi connectivity index (χ0) is 22.7. The number of phenols is 1. The summed E-state index contributed by atoms with van der Waals surface area (Å²) in [7, 11) is 1.61. The van der Waals surface area contributed by atoms with Gasteiger partial charge in [-0.15, -0.1) is 0 Å². The van der Waals surface area contributed by atoms with Crippen molar-refractivity contribution in [2.75, 3.05) is 12.4 Å². The summed E-state index contributed by atoms with van der Waals surface area (Å²) in [6.07, 6.45) is 3.13. The minimum atomic E-state index is -0.316. The molecule has 2 amide bonds. The molecule has 0 aliphatic heterocycles. The third-order valence-corrected chi connectivity index (χ3v) is 5.65. The van der Waals surface area contributed by atoms with Gasteiger partial charge in [-0.3, -0.25) is 4.79 Å². The zero-order valence-electron chi connectivity index (χ0n) is 18.1. The van der Waals surface area contributed by atoms with Gasteiger partial charge >= 0.3 is 6.03 Å². The molecule has 3 N–H and O–H groups in total. The van der Waals surface area contributed by atoms with Crippen molar-refractivity contribution in [2.24, 2.45) is 0 Å². The van der Waals surface area contributed by atoms with E-state index in [9.17, 15) is 14.7 Å². The van der Waals surface area contributed by atoms with Gasteiger partial charge in [-0.1, -0.05) is 18.6 Å². The van der Waals surface area contributed by atoms with Crippen LogP contribution in [0.5, 0.6) is 11.5 Å². The average Bonchev–Trinajstić information content (AvgIpc) is 3.15. The third-order valence-electron chi connectivity index (χ3n) is 5.65. The maximum atomic E-state index is 13.0. The number of hydrogen-bond donors (Lipinski definition) is 3. The number of carbonyl (C=O) groups is 2. The Morgan fingerprint density at radius 3 is 2.50 bits per heavy atom. The van der Waals surface area contributed by atoms with Crippen molar-refractivity contribution < 1.29 is 19.4 Å². The Labute approximate surface area is 186 Å². The van der Waals surface area contributed by atoms with Crippen LogP contribution in [0.25, 0.3) is 11.3 Å². The van der Waals surface area contributed by atoms with Crippen molar-refractivity contribution in [3.8, 4) is 22.8 Å². The summed E-state index contributed by atoms with van der Waals surface area (Å²) >= 11 is 0. The van der Waals surface area contributed by atoms with Gasteiger partial charge in [0.05, 0.1) is 18.5 Å². The van der Waals surface area contributed by atoms with Gasteiger partial charge in [0.1, 0.15) is 11.5 Å². The fourth-order valence-electron chi connectivity index (χ4n) is 3.71. The second-order valence-corrected chi connectivity index (χ2v) is 7.91. The summed E-state index contributed by atoms with van der Waals surface area (Å²) in [6.45, 7) is 1.76. The average molecular weight is 434 g/mol.